The standard InChI is InChI=1S/C92H108N6O18/c1-3-63-64(22-28-81(105)93-34-10-4-11-35-93)76(100)52-58(88(63)112)48-71-66(24-30-83(107)95-38-14-6-15-39-95)78(102)54-60(90(71)114)50-73-68(26-32-85(109)97-42-18-8-19-43-97)80(104)56-62(92(73)116)51-74-69(27-33-86(110)98-44-20-9-21-45-98)79(103)55-61(91(74)115)49-72-67(25-31-84(108)96-40-16-7-17-41-96)77(101)53-59(89(72)113)47-70-65(75(99)46-57(2)87(70)111)23-29-82(106)94-36-12-5-13-37-94/h22-33,46,52-56,99-104,111-116H,3-21,34-45,47-51H2,1-2H3/b28-22+,29-23+,30-24+,31-25+,32-26+,33-27+. The van der Waals surface area contributed by atoms with Gasteiger partial charge in [-0.15, -0.1) is 0 Å². The summed E-state index contributed by atoms with van der Waals surface area (Å²) in [5.41, 5.74) is -0.222. The van der Waals surface area contributed by atoms with Crippen molar-refractivity contribution in [1.29, 1.82) is 0 Å². The maximum Gasteiger partial charge on any atom is 0.246 e. The number of carbonyl (C=O) groups excluding carboxylic acids is 6. The molecule has 12 rings (SSSR count). The lowest BCUT2D eigenvalue weighted by molar-refractivity contribution is -0.127. The van der Waals surface area contributed by atoms with E-state index in [4.69, 9.17) is 0 Å². The number of aromatic hydroxyl groups is 12. The number of phenols is 12. The molecule has 12 N–H and O–H groups in total. The van der Waals surface area contributed by atoms with E-state index < -0.39 is 83.5 Å². The van der Waals surface area contributed by atoms with E-state index >= 15 is 0 Å². The Balaban J connectivity index is 0.995. The van der Waals surface area contributed by atoms with E-state index in [1.54, 1.807) is 43.2 Å². The molecular formula is C92H108N6O18. The van der Waals surface area contributed by atoms with Gasteiger partial charge in [0.15, 0.2) is 0 Å². The second kappa shape index (κ2) is 38.1. The topological polar surface area (TPSA) is 365 Å². The van der Waals surface area contributed by atoms with Crippen LogP contribution in [0.5, 0.6) is 69.0 Å². The Bertz CT molecular complexity index is 4920. The van der Waals surface area contributed by atoms with Gasteiger partial charge in [0, 0.05) is 242 Å². The highest BCUT2D eigenvalue weighted by Gasteiger charge is 2.31. The lowest BCUT2D eigenvalue weighted by Gasteiger charge is -2.25. The molecule has 24 nitrogen and oxygen atoms in total. The summed E-state index contributed by atoms with van der Waals surface area (Å²) in [6.45, 7) is 9.35. The monoisotopic (exact) mass is 1580 g/mol. The van der Waals surface area contributed by atoms with Crippen molar-refractivity contribution in [3.63, 3.8) is 0 Å². The van der Waals surface area contributed by atoms with E-state index in [-0.39, 0.29) is 160 Å². The number of rotatable bonds is 23. The van der Waals surface area contributed by atoms with E-state index in [2.05, 4.69) is 0 Å². The maximum atomic E-state index is 14.1. The first-order chi connectivity index (χ1) is 55.9. The zero-order valence-corrected chi connectivity index (χ0v) is 66.3. The number of nitrogens with zero attached hydrogens (tertiary/aromatic N) is 6. The third-order valence-electron chi connectivity index (χ3n) is 23.7. The molecule has 0 atom stereocenters. The van der Waals surface area contributed by atoms with Crippen molar-refractivity contribution in [3.8, 4) is 69.0 Å². The minimum absolute atomic E-state index is 0.0162. The van der Waals surface area contributed by atoms with Crippen LogP contribution in [0.25, 0.3) is 36.5 Å². The van der Waals surface area contributed by atoms with Gasteiger partial charge in [0.05, 0.1) is 0 Å². The van der Waals surface area contributed by atoms with Crippen LogP contribution in [0.3, 0.4) is 0 Å². The first kappa shape index (κ1) is 83.6. The van der Waals surface area contributed by atoms with Crippen LogP contribution in [-0.4, -0.2) is 205 Å². The fourth-order valence-electron chi connectivity index (χ4n) is 17.0. The van der Waals surface area contributed by atoms with E-state index in [9.17, 15) is 90.0 Å². The average Bonchev–Trinajstić information content (AvgIpc) is 0.768. The first-order valence-electron chi connectivity index (χ1n) is 41.1. The van der Waals surface area contributed by atoms with Crippen molar-refractivity contribution in [3.05, 3.63) is 173 Å². The third-order valence-corrected chi connectivity index (χ3v) is 23.7. The van der Waals surface area contributed by atoms with Crippen molar-refractivity contribution in [2.24, 2.45) is 0 Å². The number of hydrogen-bond acceptors (Lipinski definition) is 18. The maximum absolute atomic E-state index is 14.1. The van der Waals surface area contributed by atoms with Crippen LogP contribution in [0, 0.1) is 6.92 Å². The summed E-state index contributed by atoms with van der Waals surface area (Å²) in [5, 5.41) is 149. The van der Waals surface area contributed by atoms with E-state index in [1.807, 2.05) is 0 Å². The van der Waals surface area contributed by atoms with E-state index in [0.717, 1.165) is 116 Å². The molecule has 6 aliphatic rings. The highest BCUT2D eigenvalue weighted by atomic mass is 16.3. The van der Waals surface area contributed by atoms with Gasteiger partial charge in [0.2, 0.25) is 35.4 Å². The minimum Gasteiger partial charge on any atom is -0.507 e. The molecule has 6 heterocycles. The summed E-state index contributed by atoms with van der Waals surface area (Å²) in [5.74, 6) is -7.47. The Kier molecular flexibility index (Phi) is 27.4. The van der Waals surface area contributed by atoms with Crippen LogP contribution >= 0.6 is 0 Å². The molecule has 6 fully saturated rings. The Morgan fingerprint density at radius 3 is 0.603 bits per heavy atom. The van der Waals surface area contributed by atoms with Crippen LogP contribution in [0.15, 0.2) is 72.9 Å². The summed E-state index contributed by atoms with van der Waals surface area (Å²) in [6, 6.07) is 7.48. The SMILES string of the molecule is CCc1c(O)c(Cc2c(O)c(Cc3c(O)c(Cc4c(O)c(Cc5c(O)c(Cc6c(O)c(C)cc(O)c6/C=C/C(=O)N6CCCCC6)cc(O)c5/C=C/C(=O)N5CCCCC5)cc(O)c4/C=C/C(=O)N4CCCCC4)cc(O)c3/C=C/C(=O)N3CCCCC3)cc(O)c2/C=C/C(=O)N2CCCCC2)cc(O)c1/C=C/C(=O)N1CCCCC1. The van der Waals surface area contributed by atoms with Crippen molar-refractivity contribution in [1.82, 2.24) is 29.4 Å². The van der Waals surface area contributed by atoms with Gasteiger partial charge in [-0.25, -0.2) is 0 Å². The summed E-state index contributed by atoms with van der Waals surface area (Å²) in [6.07, 6.45) is 28.7. The number of likely N-dealkylation sites (tertiary alicyclic amines) is 6. The fourth-order valence-corrected chi connectivity index (χ4v) is 17.0. The van der Waals surface area contributed by atoms with Gasteiger partial charge in [-0.3, -0.25) is 28.8 Å². The number of benzene rings is 6. The summed E-state index contributed by atoms with van der Waals surface area (Å²) < 4.78 is 0. The molecule has 0 unspecified atom stereocenters. The molecule has 0 saturated carbocycles. The van der Waals surface area contributed by atoms with Gasteiger partial charge in [-0.05, 0) is 207 Å². The molecule has 0 aliphatic carbocycles. The largest absolute Gasteiger partial charge is 0.507 e. The smallest absolute Gasteiger partial charge is 0.246 e. The van der Waals surface area contributed by atoms with Crippen molar-refractivity contribution >= 4 is 71.9 Å². The predicted octanol–water partition coefficient (Wildman–Crippen LogP) is 13.1. The van der Waals surface area contributed by atoms with E-state index in [0.29, 0.717) is 78.5 Å². The Hall–Kier alpha value is -11.8. The minimum atomic E-state index is -0.581. The summed E-state index contributed by atoms with van der Waals surface area (Å²) >= 11 is 0. The van der Waals surface area contributed by atoms with Crippen LogP contribution in [0.4, 0.5) is 0 Å². The number of phenolic OH excluding ortho intramolecular Hbond substituents is 12. The van der Waals surface area contributed by atoms with Gasteiger partial charge in [0.1, 0.15) is 69.0 Å². The first-order valence-corrected chi connectivity index (χ1v) is 41.1. The second-order valence-corrected chi connectivity index (χ2v) is 31.5. The molecule has 6 amide bonds. The van der Waals surface area contributed by atoms with Crippen LogP contribution in [0.2, 0.25) is 0 Å². The van der Waals surface area contributed by atoms with Crippen LogP contribution in [-0.2, 0) is 67.3 Å². The average molecular weight is 1590 g/mol. The van der Waals surface area contributed by atoms with Crippen LogP contribution < -0.4 is 0 Å². The Morgan fingerprint density at radius 1 is 0.250 bits per heavy atom. The zero-order valence-electron chi connectivity index (χ0n) is 66.3. The van der Waals surface area contributed by atoms with Gasteiger partial charge >= 0.3 is 0 Å². The number of hydrogen-bond donors (Lipinski definition) is 12. The van der Waals surface area contributed by atoms with Crippen molar-refractivity contribution in [2.75, 3.05) is 78.5 Å². The Labute approximate surface area is 676 Å². The van der Waals surface area contributed by atoms with Crippen LogP contribution in [0.1, 0.15) is 223 Å². The fraction of sp³-hybridized carbons (Fsp3) is 0.413. The Morgan fingerprint density at radius 2 is 0.414 bits per heavy atom. The van der Waals surface area contributed by atoms with Crippen molar-refractivity contribution < 1.29 is 90.0 Å². The molecule has 614 valence electrons. The summed E-state index contributed by atoms with van der Waals surface area (Å²) in [7, 11) is 0. The number of amides is 6. The predicted molar refractivity (Wildman–Crippen MR) is 444 cm³/mol. The molecule has 6 aliphatic heterocycles. The molecule has 116 heavy (non-hydrogen) atoms. The normalized spacial score (nSPS) is 16.7. The molecule has 6 saturated heterocycles. The van der Waals surface area contributed by atoms with Gasteiger partial charge in [-0.2, -0.15) is 0 Å². The highest BCUT2D eigenvalue weighted by molar-refractivity contribution is 5.97. The van der Waals surface area contributed by atoms with Gasteiger partial charge < -0.3 is 90.7 Å². The molecule has 0 bridgehead atoms. The third kappa shape index (κ3) is 19.4. The van der Waals surface area contributed by atoms with Crippen molar-refractivity contribution in [2.45, 2.75) is 168 Å². The number of piperidine rings is 6. The number of aryl methyl sites for hydroxylation is 1. The molecule has 0 radical (unpaired) electrons. The summed E-state index contributed by atoms with van der Waals surface area (Å²) in [4.78, 5) is 92.7. The molecule has 6 aromatic carbocycles. The lowest BCUT2D eigenvalue weighted by atomic mass is 9.86. The number of carbonyl (C=O) groups is 6. The molecule has 0 aromatic heterocycles. The second-order valence-electron chi connectivity index (χ2n) is 31.5. The molecular weight excluding hydrogens is 1480 g/mol. The molecule has 24 heteroatoms. The zero-order chi connectivity index (χ0) is 82.4. The quantitative estimate of drug-likeness (QED) is 0.0209. The van der Waals surface area contributed by atoms with Gasteiger partial charge in [0.25, 0.3) is 0 Å². The lowest BCUT2D eigenvalue weighted by Crippen LogP contribution is -2.34. The molecule has 6 aromatic rings. The highest BCUT2D eigenvalue weighted by Crippen LogP contribution is 2.48. The molecule has 0 spiro atoms. The van der Waals surface area contributed by atoms with E-state index in [1.165, 1.54) is 109 Å². The van der Waals surface area contributed by atoms with Gasteiger partial charge in [-0.1, -0.05) is 6.92 Å².